The lowest BCUT2D eigenvalue weighted by Gasteiger charge is -2.23. The van der Waals surface area contributed by atoms with Crippen molar-refractivity contribution in [3.8, 4) is 0 Å². The van der Waals surface area contributed by atoms with Crippen LogP contribution in [0.4, 0.5) is 11.5 Å². The number of para-hydroxylation sites is 1. The van der Waals surface area contributed by atoms with Gasteiger partial charge < -0.3 is 15.3 Å². The zero-order valence-electron chi connectivity index (χ0n) is 12.8. The molecule has 0 aliphatic heterocycles. The molecule has 2 N–H and O–H groups in total. The van der Waals surface area contributed by atoms with E-state index in [9.17, 15) is 9.90 Å². The van der Waals surface area contributed by atoms with Gasteiger partial charge in [0.05, 0.1) is 19.3 Å². The standard InChI is InChI=1S/C16H22N4O2/c1-2-10-20-15(8-9-17-20)18-16(22)13-19(11-12-21)14-6-4-3-5-7-14/h3-9,21H,2,10-13H2,1H3,(H,18,22). The van der Waals surface area contributed by atoms with Crippen LogP contribution in [0.25, 0.3) is 0 Å². The summed E-state index contributed by atoms with van der Waals surface area (Å²) in [7, 11) is 0. The summed E-state index contributed by atoms with van der Waals surface area (Å²) in [4.78, 5) is 14.1. The number of carbonyl (C=O) groups excluding carboxylic acids is 1. The number of hydrogen-bond donors (Lipinski definition) is 2. The summed E-state index contributed by atoms with van der Waals surface area (Å²) in [6.45, 7) is 3.41. The Morgan fingerprint density at radius 2 is 2.09 bits per heavy atom. The number of aromatic nitrogens is 2. The highest BCUT2D eigenvalue weighted by atomic mass is 16.3. The van der Waals surface area contributed by atoms with E-state index in [1.807, 2.05) is 35.2 Å². The van der Waals surface area contributed by atoms with Gasteiger partial charge in [0.25, 0.3) is 0 Å². The molecule has 0 aliphatic carbocycles. The second kappa shape index (κ2) is 8.19. The minimum Gasteiger partial charge on any atom is -0.395 e. The van der Waals surface area contributed by atoms with E-state index in [0.29, 0.717) is 12.4 Å². The van der Waals surface area contributed by atoms with Crippen molar-refractivity contribution in [2.45, 2.75) is 19.9 Å². The zero-order chi connectivity index (χ0) is 15.8. The minimum absolute atomic E-state index is 0.00403. The quantitative estimate of drug-likeness (QED) is 0.779. The van der Waals surface area contributed by atoms with Gasteiger partial charge in [-0.25, -0.2) is 4.68 Å². The second-order valence-corrected chi connectivity index (χ2v) is 4.97. The molecule has 0 aliphatic rings. The molecule has 6 heteroatoms. The summed E-state index contributed by atoms with van der Waals surface area (Å²) in [5.74, 6) is 0.569. The van der Waals surface area contributed by atoms with Crippen molar-refractivity contribution in [3.63, 3.8) is 0 Å². The van der Waals surface area contributed by atoms with E-state index in [-0.39, 0.29) is 19.1 Å². The van der Waals surface area contributed by atoms with Gasteiger partial charge >= 0.3 is 0 Å². The number of nitrogens with one attached hydrogen (secondary N) is 1. The van der Waals surface area contributed by atoms with Crippen LogP contribution in [0.1, 0.15) is 13.3 Å². The fourth-order valence-electron chi connectivity index (χ4n) is 2.24. The highest BCUT2D eigenvalue weighted by molar-refractivity contribution is 5.93. The Kier molecular flexibility index (Phi) is 5.97. The Bertz CT molecular complexity index is 583. The normalized spacial score (nSPS) is 10.5. The van der Waals surface area contributed by atoms with Crippen LogP contribution in [0.3, 0.4) is 0 Å². The first-order chi connectivity index (χ1) is 10.7. The van der Waals surface area contributed by atoms with E-state index in [1.54, 1.807) is 16.9 Å². The number of nitrogens with zero attached hydrogens (tertiary/aromatic N) is 3. The van der Waals surface area contributed by atoms with Gasteiger partial charge in [0.15, 0.2) is 0 Å². The number of amides is 1. The number of anilines is 2. The van der Waals surface area contributed by atoms with E-state index in [4.69, 9.17) is 0 Å². The molecule has 0 saturated heterocycles. The van der Waals surface area contributed by atoms with Crippen molar-refractivity contribution in [2.75, 3.05) is 29.9 Å². The predicted molar refractivity (Wildman–Crippen MR) is 86.9 cm³/mol. The van der Waals surface area contributed by atoms with Gasteiger partial charge in [-0.2, -0.15) is 5.10 Å². The fourth-order valence-corrected chi connectivity index (χ4v) is 2.24. The van der Waals surface area contributed by atoms with Crippen LogP contribution in [0.5, 0.6) is 0 Å². The summed E-state index contributed by atoms with van der Waals surface area (Å²) < 4.78 is 1.77. The van der Waals surface area contributed by atoms with E-state index in [1.165, 1.54) is 0 Å². The lowest BCUT2D eigenvalue weighted by Crippen LogP contribution is -2.35. The second-order valence-electron chi connectivity index (χ2n) is 4.97. The molecule has 118 valence electrons. The Balaban J connectivity index is 2.00. The molecule has 0 spiro atoms. The molecule has 6 nitrogen and oxygen atoms in total. The van der Waals surface area contributed by atoms with Crippen molar-refractivity contribution in [1.82, 2.24) is 9.78 Å². The van der Waals surface area contributed by atoms with Gasteiger partial charge in [0.2, 0.25) is 5.91 Å². The maximum atomic E-state index is 12.2. The number of carbonyl (C=O) groups is 1. The SMILES string of the molecule is CCCn1nccc1NC(=O)CN(CCO)c1ccccc1. The number of benzene rings is 1. The fraction of sp³-hybridized carbons (Fsp3) is 0.375. The van der Waals surface area contributed by atoms with E-state index in [0.717, 1.165) is 18.7 Å². The molecule has 0 saturated carbocycles. The molecule has 1 heterocycles. The maximum Gasteiger partial charge on any atom is 0.245 e. The molecule has 2 rings (SSSR count). The van der Waals surface area contributed by atoms with E-state index in [2.05, 4.69) is 17.3 Å². The number of aliphatic hydroxyl groups is 1. The van der Waals surface area contributed by atoms with Crippen LogP contribution in [0.15, 0.2) is 42.6 Å². The maximum absolute atomic E-state index is 12.2. The van der Waals surface area contributed by atoms with Crippen molar-refractivity contribution in [2.24, 2.45) is 0 Å². The van der Waals surface area contributed by atoms with E-state index >= 15 is 0 Å². The smallest absolute Gasteiger partial charge is 0.245 e. The monoisotopic (exact) mass is 302 g/mol. The van der Waals surface area contributed by atoms with Crippen LogP contribution in [-0.2, 0) is 11.3 Å². The summed E-state index contributed by atoms with van der Waals surface area (Å²) in [6, 6.07) is 11.4. The molecule has 0 fully saturated rings. The third-order valence-corrected chi connectivity index (χ3v) is 3.25. The Morgan fingerprint density at radius 1 is 1.32 bits per heavy atom. The lowest BCUT2D eigenvalue weighted by atomic mass is 10.3. The first kappa shape index (κ1) is 16.0. The van der Waals surface area contributed by atoms with E-state index < -0.39 is 0 Å². The van der Waals surface area contributed by atoms with Crippen molar-refractivity contribution in [3.05, 3.63) is 42.6 Å². The molecular weight excluding hydrogens is 280 g/mol. The summed E-state index contributed by atoms with van der Waals surface area (Å²) in [5.41, 5.74) is 0.911. The summed E-state index contributed by atoms with van der Waals surface area (Å²) in [6.07, 6.45) is 2.62. The molecule has 1 aromatic carbocycles. The Morgan fingerprint density at radius 3 is 2.77 bits per heavy atom. The highest BCUT2D eigenvalue weighted by Crippen LogP contribution is 2.13. The highest BCUT2D eigenvalue weighted by Gasteiger charge is 2.12. The van der Waals surface area contributed by atoms with Crippen LogP contribution in [-0.4, -0.2) is 40.5 Å². The third kappa shape index (κ3) is 4.33. The first-order valence-corrected chi connectivity index (χ1v) is 7.47. The number of aliphatic hydroxyl groups excluding tert-OH is 1. The summed E-state index contributed by atoms with van der Waals surface area (Å²) >= 11 is 0. The van der Waals surface area contributed by atoms with Gasteiger partial charge in [0.1, 0.15) is 5.82 Å². The van der Waals surface area contributed by atoms with Crippen LogP contribution in [0, 0.1) is 0 Å². The first-order valence-electron chi connectivity index (χ1n) is 7.47. The lowest BCUT2D eigenvalue weighted by molar-refractivity contribution is -0.115. The largest absolute Gasteiger partial charge is 0.395 e. The van der Waals surface area contributed by atoms with Gasteiger partial charge in [-0.3, -0.25) is 4.79 Å². The topological polar surface area (TPSA) is 70.4 Å². The molecule has 0 radical (unpaired) electrons. The molecule has 2 aromatic rings. The van der Waals surface area contributed by atoms with Gasteiger partial charge in [0, 0.05) is 24.8 Å². The molecule has 0 bridgehead atoms. The molecule has 0 unspecified atom stereocenters. The number of rotatable bonds is 8. The molecule has 0 atom stereocenters. The predicted octanol–water partition coefficient (Wildman–Crippen LogP) is 1.73. The Labute approximate surface area is 130 Å². The number of hydrogen-bond acceptors (Lipinski definition) is 4. The average Bonchev–Trinajstić information content (AvgIpc) is 2.95. The van der Waals surface area contributed by atoms with Crippen molar-refractivity contribution in [1.29, 1.82) is 0 Å². The minimum atomic E-state index is -0.129. The summed E-state index contributed by atoms with van der Waals surface area (Å²) in [5, 5.41) is 16.2. The third-order valence-electron chi connectivity index (χ3n) is 3.25. The molecule has 1 amide bonds. The molecular formula is C16H22N4O2. The Hall–Kier alpha value is -2.34. The molecule has 22 heavy (non-hydrogen) atoms. The van der Waals surface area contributed by atoms with Crippen LogP contribution < -0.4 is 10.2 Å². The van der Waals surface area contributed by atoms with Crippen LogP contribution in [0.2, 0.25) is 0 Å². The van der Waals surface area contributed by atoms with Crippen molar-refractivity contribution >= 4 is 17.4 Å². The zero-order valence-corrected chi connectivity index (χ0v) is 12.8. The van der Waals surface area contributed by atoms with Gasteiger partial charge in [-0.15, -0.1) is 0 Å². The van der Waals surface area contributed by atoms with Crippen LogP contribution >= 0.6 is 0 Å². The van der Waals surface area contributed by atoms with Gasteiger partial charge in [-0.1, -0.05) is 25.1 Å². The van der Waals surface area contributed by atoms with Gasteiger partial charge in [-0.05, 0) is 18.6 Å². The molecule has 1 aromatic heterocycles. The average molecular weight is 302 g/mol. The number of aryl methyl sites for hydroxylation is 1. The van der Waals surface area contributed by atoms with Crippen molar-refractivity contribution < 1.29 is 9.90 Å².